The normalized spacial score (nSPS) is 15.8. The second-order valence-corrected chi connectivity index (χ2v) is 7.36. The fraction of sp³-hybridized carbons (Fsp3) is 0.190. The van der Waals surface area contributed by atoms with Crippen molar-refractivity contribution in [2.45, 2.75) is 26.2 Å². The van der Waals surface area contributed by atoms with Crippen LogP contribution in [0, 0.1) is 13.8 Å². The Labute approximate surface area is 169 Å². The Bertz CT molecular complexity index is 1430. The Morgan fingerprint density at radius 3 is 2.73 bits per heavy atom. The lowest BCUT2D eigenvalue weighted by atomic mass is 9.86. The Hall–Kier alpha value is -4.01. The number of anilines is 1. The van der Waals surface area contributed by atoms with Crippen LogP contribution in [0.3, 0.4) is 0 Å². The van der Waals surface area contributed by atoms with Crippen molar-refractivity contribution in [1.29, 1.82) is 0 Å². The zero-order chi connectivity index (χ0) is 21.0. The molecule has 30 heavy (non-hydrogen) atoms. The van der Waals surface area contributed by atoms with Crippen LogP contribution in [-0.2, 0) is 4.79 Å². The van der Waals surface area contributed by atoms with Gasteiger partial charge in [-0.1, -0.05) is 11.6 Å². The van der Waals surface area contributed by atoms with Gasteiger partial charge in [0.1, 0.15) is 11.4 Å². The van der Waals surface area contributed by atoms with Gasteiger partial charge in [0.05, 0.1) is 17.3 Å². The molecule has 1 atom stereocenters. The quantitative estimate of drug-likeness (QED) is 0.529. The van der Waals surface area contributed by atoms with Crippen molar-refractivity contribution in [3.05, 3.63) is 79.6 Å². The number of nitrogens with one attached hydrogen (secondary N) is 2. The molecule has 4 aromatic rings. The summed E-state index contributed by atoms with van der Waals surface area (Å²) in [6.07, 6.45) is 1.53. The molecule has 3 aromatic heterocycles. The molecule has 0 saturated carbocycles. The van der Waals surface area contributed by atoms with E-state index in [1.165, 1.54) is 23.1 Å². The number of aromatic amines is 1. The van der Waals surface area contributed by atoms with Crippen molar-refractivity contribution in [3.63, 3.8) is 0 Å². The number of H-pyrrole nitrogens is 1. The van der Waals surface area contributed by atoms with Gasteiger partial charge in [-0.3, -0.25) is 14.4 Å². The number of carbonyl (C=O) groups excluding carboxylic acids is 1. The predicted octanol–water partition coefficient (Wildman–Crippen LogP) is 2.15. The van der Waals surface area contributed by atoms with Gasteiger partial charge < -0.3 is 9.73 Å². The third kappa shape index (κ3) is 2.74. The van der Waals surface area contributed by atoms with Crippen LogP contribution in [0.2, 0.25) is 0 Å². The van der Waals surface area contributed by atoms with E-state index in [0.29, 0.717) is 33.9 Å². The highest BCUT2D eigenvalue weighted by molar-refractivity contribution is 5.95. The third-order valence-electron chi connectivity index (χ3n) is 5.31. The fourth-order valence-corrected chi connectivity index (χ4v) is 3.93. The number of amides is 1. The van der Waals surface area contributed by atoms with Gasteiger partial charge in [0.2, 0.25) is 5.91 Å². The Morgan fingerprint density at radius 2 is 1.97 bits per heavy atom. The molecule has 150 valence electrons. The minimum atomic E-state index is -0.508. The number of rotatable bonds is 2. The van der Waals surface area contributed by atoms with E-state index in [9.17, 15) is 14.4 Å². The maximum absolute atomic E-state index is 13.3. The maximum atomic E-state index is 13.3. The zero-order valence-corrected chi connectivity index (χ0v) is 16.2. The van der Waals surface area contributed by atoms with Crippen molar-refractivity contribution in [3.8, 4) is 5.82 Å². The van der Waals surface area contributed by atoms with Crippen LogP contribution < -0.4 is 16.3 Å². The molecular weight excluding hydrogens is 386 g/mol. The molecule has 0 unspecified atom stereocenters. The van der Waals surface area contributed by atoms with Crippen LogP contribution in [0.5, 0.6) is 0 Å². The Morgan fingerprint density at radius 1 is 1.13 bits per heavy atom. The third-order valence-corrected chi connectivity index (χ3v) is 5.31. The first-order valence-corrected chi connectivity index (χ1v) is 9.40. The van der Waals surface area contributed by atoms with E-state index in [-0.39, 0.29) is 23.3 Å². The standard InChI is InChI=1S/C21H17N5O4/c1-10-3-4-15-13(7-10)20(29)14(9-30-15)12-8-18(28)22-21-19(12)11(2)25-26(21)16-5-6-17(27)24-23-16/h3-7,9,12H,8H2,1-2H3,(H,22,28)(H,24,27)/t12-/m1/s1. The molecule has 9 nitrogen and oxygen atoms in total. The van der Waals surface area contributed by atoms with E-state index in [1.807, 2.05) is 13.0 Å². The molecule has 4 heterocycles. The zero-order valence-electron chi connectivity index (χ0n) is 16.2. The number of hydrogen-bond donors (Lipinski definition) is 2. The van der Waals surface area contributed by atoms with Crippen molar-refractivity contribution in [2.24, 2.45) is 0 Å². The number of aromatic nitrogens is 4. The van der Waals surface area contributed by atoms with E-state index in [4.69, 9.17) is 4.42 Å². The van der Waals surface area contributed by atoms with Crippen molar-refractivity contribution in [2.75, 3.05) is 5.32 Å². The van der Waals surface area contributed by atoms with Gasteiger partial charge in [0.15, 0.2) is 11.2 Å². The molecule has 1 aliphatic heterocycles. The van der Waals surface area contributed by atoms with Gasteiger partial charge >= 0.3 is 0 Å². The molecule has 0 saturated heterocycles. The minimum absolute atomic E-state index is 0.0979. The minimum Gasteiger partial charge on any atom is -0.464 e. The van der Waals surface area contributed by atoms with E-state index in [2.05, 4.69) is 20.6 Å². The van der Waals surface area contributed by atoms with Gasteiger partial charge in [0.25, 0.3) is 5.56 Å². The van der Waals surface area contributed by atoms with E-state index < -0.39 is 5.92 Å². The summed E-state index contributed by atoms with van der Waals surface area (Å²) in [5, 5.41) is 14.1. The number of aryl methyl sites for hydroxylation is 2. The van der Waals surface area contributed by atoms with E-state index in [1.54, 1.807) is 19.1 Å². The van der Waals surface area contributed by atoms with Gasteiger partial charge in [-0.05, 0) is 32.0 Å². The number of carbonyl (C=O) groups is 1. The second kappa shape index (κ2) is 6.51. The average Bonchev–Trinajstić information content (AvgIpc) is 3.05. The van der Waals surface area contributed by atoms with E-state index in [0.717, 1.165) is 11.1 Å². The van der Waals surface area contributed by atoms with Crippen molar-refractivity contribution < 1.29 is 9.21 Å². The molecule has 0 spiro atoms. The van der Waals surface area contributed by atoms with Crippen LogP contribution in [0.1, 0.15) is 34.7 Å². The summed E-state index contributed by atoms with van der Waals surface area (Å²) in [6, 6.07) is 8.26. The largest absolute Gasteiger partial charge is 0.464 e. The van der Waals surface area contributed by atoms with Crippen molar-refractivity contribution in [1.82, 2.24) is 20.0 Å². The molecule has 0 aliphatic carbocycles. The lowest BCUT2D eigenvalue weighted by Crippen LogP contribution is -2.27. The number of benzene rings is 1. The summed E-state index contributed by atoms with van der Waals surface area (Å²) in [4.78, 5) is 37.1. The molecule has 5 rings (SSSR count). The van der Waals surface area contributed by atoms with Crippen LogP contribution in [0.4, 0.5) is 5.82 Å². The molecule has 2 N–H and O–H groups in total. The topological polar surface area (TPSA) is 123 Å². The first-order chi connectivity index (χ1) is 14.4. The maximum Gasteiger partial charge on any atom is 0.264 e. The fourth-order valence-electron chi connectivity index (χ4n) is 3.93. The number of hydrogen-bond acceptors (Lipinski definition) is 6. The molecule has 0 radical (unpaired) electrons. The lowest BCUT2D eigenvalue weighted by Gasteiger charge is -2.23. The van der Waals surface area contributed by atoms with Crippen LogP contribution in [-0.4, -0.2) is 25.9 Å². The monoisotopic (exact) mass is 403 g/mol. The molecule has 1 aromatic carbocycles. The SMILES string of the molecule is Cc1ccc2occ([C@H]3CC(=O)Nc4c3c(C)nn4-c3ccc(=O)[nH]n3)c(=O)c2c1. The predicted molar refractivity (Wildman–Crippen MR) is 109 cm³/mol. The Balaban J connectivity index is 1.72. The summed E-state index contributed by atoms with van der Waals surface area (Å²) in [7, 11) is 0. The van der Waals surface area contributed by atoms with Crippen molar-refractivity contribution >= 4 is 22.7 Å². The molecule has 0 bridgehead atoms. The summed E-state index contributed by atoms with van der Waals surface area (Å²) >= 11 is 0. The van der Waals surface area contributed by atoms with E-state index >= 15 is 0 Å². The number of fused-ring (bicyclic) bond motifs is 2. The van der Waals surface area contributed by atoms with Gasteiger partial charge in [-0.2, -0.15) is 14.9 Å². The Kier molecular flexibility index (Phi) is 3.92. The summed E-state index contributed by atoms with van der Waals surface area (Å²) in [5.41, 5.74) is 2.71. The second-order valence-electron chi connectivity index (χ2n) is 7.36. The van der Waals surface area contributed by atoms with Gasteiger partial charge in [-0.15, -0.1) is 0 Å². The first-order valence-electron chi connectivity index (χ1n) is 9.40. The average molecular weight is 403 g/mol. The molecule has 1 aliphatic rings. The van der Waals surface area contributed by atoms with Crippen LogP contribution in [0.25, 0.3) is 16.8 Å². The first kappa shape index (κ1) is 18.0. The smallest absolute Gasteiger partial charge is 0.264 e. The highest BCUT2D eigenvalue weighted by atomic mass is 16.3. The highest BCUT2D eigenvalue weighted by Gasteiger charge is 2.34. The van der Waals surface area contributed by atoms with Gasteiger partial charge in [0, 0.05) is 29.5 Å². The highest BCUT2D eigenvalue weighted by Crippen LogP contribution is 2.39. The summed E-state index contributed by atoms with van der Waals surface area (Å²) in [6.45, 7) is 3.71. The molecule has 1 amide bonds. The molecule has 0 fully saturated rings. The number of nitrogens with zero attached hydrogens (tertiary/aromatic N) is 3. The summed E-state index contributed by atoms with van der Waals surface area (Å²) in [5.74, 6) is 0.0198. The summed E-state index contributed by atoms with van der Waals surface area (Å²) < 4.78 is 7.17. The van der Waals surface area contributed by atoms with Gasteiger partial charge in [-0.25, -0.2) is 5.10 Å². The molecular formula is C21H17N5O4. The molecule has 9 heteroatoms. The lowest BCUT2D eigenvalue weighted by molar-refractivity contribution is -0.116. The van der Waals surface area contributed by atoms with Crippen LogP contribution in [0.15, 0.2) is 50.6 Å². The van der Waals surface area contributed by atoms with Crippen LogP contribution >= 0.6 is 0 Å².